The highest BCUT2D eigenvalue weighted by Gasteiger charge is 2.36. The quantitative estimate of drug-likeness (QED) is 0.840. The fourth-order valence-electron chi connectivity index (χ4n) is 2.68. The molecule has 1 aliphatic carbocycles. The number of methoxy groups -OCH3 is 1. The molecule has 1 fully saturated rings. The van der Waals surface area contributed by atoms with Gasteiger partial charge in [0, 0.05) is 11.0 Å². The monoisotopic (exact) mass is 287 g/mol. The second-order valence-electron chi connectivity index (χ2n) is 5.60. The fourth-order valence-corrected chi connectivity index (χ4v) is 2.68. The smallest absolute Gasteiger partial charge is 0.230 e. The molecule has 0 unspecified atom stereocenters. The van der Waals surface area contributed by atoms with Crippen molar-refractivity contribution in [1.29, 1.82) is 0 Å². The van der Waals surface area contributed by atoms with Crippen LogP contribution in [-0.2, 0) is 4.79 Å². The third kappa shape index (κ3) is 3.56. The molecule has 0 radical (unpaired) electrons. The lowest BCUT2D eigenvalue weighted by Crippen LogP contribution is -2.31. The highest BCUT2D eigenvalue weighted by molar-refractivity contribution is 5.96. The average molecular weight is 287 g/mol. The van der Waals surface area contributed by atoms with Crippen LogP contribution in [0, 0.1) is 17.3 Å². The molecule has 112 valence electrons. The molecule has 1 aromatic rings. The van der Waals surface area contributed by atoms with Crippen LogP contribution in [0.1, 0.15) is 38.2 Å². The van der Waals surface area contributed by atoms with E-state index in [9.17, 15) is 4.79 Å². The maximum absolute atomic E-state index is 12.5. The Morgan fingerprint density at radius 1 is 1.43 bits per heavy atom. The number of rotatable bonds is 3. The zero-order valence-corrected chi connectivity index (χ0v) is 12.5. The van der Waals surface area contributed by atoms with E-state index in [-0.39, 0.29) is 17.9 Å². The van der Waals surface area contributed by atoms with Crippen LogP contribution in [0.2, 0.25) is 0 Å². The van der Waals surface area contributed by atoms with E-state index >= 15 is 0 Å². The summed E-state index contributed by atoms with van der Waals surface area (Å²) in [5.74, 6) is 6.07. The Bertz CT molecular complexity index is 577. The van der Waals surface area contributed by atoms with Crippen molar-refractivity contribution < 1.29 is 14.6 Å². The third-order valence-electron chi connectivity index (χ3n) is 4.01. The maximum atomic E-state index is 12.5. The number of benzene rings is 1. The first-order valence-corrected chi connectivity index (χ1v) is 7.18. The minimum Gasteiger partial charge on any atom is -0.495 e. The molecule has 0 saturated heterocycles. The minimum atomic E-state index is -0.294. The van der Waals surface area contributed by atoms with Crippen LogP contribution in [0.25, 0.3) is 0 Å². The standard InChI is InChI=1S/C17H21NO3/c1-17(9-3-4-10-17)16(20)18-14-12-13(6-5-11-19)7-8-15(14)21-2/h7-8,12,19H,3-4,9-11H2,1-2H3,(H,18,20). The van der Waals surface area contributed by atoms with Gasteiger partial charge in [-0.25, -0.2) is 0 Å². The molecular formula is C17H21NO3. The summed E-state index contributed by atoms with van der Waals surface area (Å²) in [5, 5.41) is 11.7. The van der Waals surface area contributed by atoms with E-state index in [4.69, 9.17) is 9.84 Å². The van der Waals surface area contributed by atoms with Gasteiger partial charge in [-0.2, -0.15) is 0 Å². The summed E-state index contributed by atoms with van der Waals surface area (Å²) in [4.78, 5) is 12.5. The Kier molecular flexibility index (Phi) is 4.87. The summed E-state index contributed by atoms with van der Waals surface area (Å²) in [6.45, 7) is 1.82. The van der Waals surface area contributed by atoms with Gasteiger partial charge in [0.2, 0.25) is 5.91 Å². The molecule has 4 nitrogen and oxygen atoms in total. The van der Waals surface area contributed by atoms with Gasteiger partial charge in [-0.15, -0.1) is 0 Å². The van der Waals surface area contributed by atoms with Gasteiger partial charge < -0.3 is 15.2 Å². The molecule has 0 bridgehead atoms. The number of amides is 1. The fraction of sp³-hybridized carbons (Fsp3) is 0.471. The molecule has 2 N–H and O–H groups in total. The van der Waals surface area contributed by atoms with Crippen molar-refractivity contribution in [2.24, 2.45) is 5.41 Å². The number of ether oxygens (including phenoxy) is 1. The molecule has 1 aromatic carbocycles. The Balaban J connectivity index is 2.22. The van der Waals surface area contributed by atoms with Crippen LogP contribution < -0.4 is 10.1 Å². The Morgan fingerprint density at radius 2 is 2.14 bits per heavy atom. The predicted molar refractivity (Wildman–Crippen MR) is 82.2 cm³/mol. The summed E-state index contributed by atoms with van der Waals surface area (Å²) in [7, 11) is 1.57. The van der Waals surface area contributed by atoms with E-state index in [1.54, 1.807) is 25.3 Å². The molecule has 0 spiro atoms. The van der Waals surface area contributed by atoms with Crippen LogP contribution in [0.4, 0.5) is 5.69 Å². The molecule has 0 heterocycles. The Morgan fingerprint density at radius 3 is 2.76 bits per heavy atom. The lowest BCUT2D eigenvalue weighted by molar-refractivity contribution is -0.124. The van der Waals surface area contributed by atoms with Gasteiger partial charge in [0.05, 0.1) is 12.8 Å². The number of carbonyl (C=O) groups is 1. The lowest BCUT2D eigenvalue weighted by Gasteiger charge is -2.23. The SMILES string of the molecule is COc1ccc(C#CCO)cc1NC(=O)C1(C)CCCC1. The molecule has 21 heavy (non-hydrogen) atoms. The molecule has 1 saturated carbocycles. The summed E-state index contributed by atoms with van der Waals surface area (Å²) in [6.07, 6.45) is 4.04. The van der Waals surface area contributed by atoms with Crippen LogP contribution in [0.15, 0.2) is 18.2 Å². The number of aliphatic hydroxyl groups is 1. The van der Waals surface area contributed by atoms with E-state index in [1.807, 2.05) is 6.92 Å². The average Bonchev–Trinajstić information content (AvgIpc) is 2.93. The van der Waals surface area contributed by atoms with E-state index in [1.165, 1.54) is 0 Å². The molecule has 1 aliphatic rings. The summed E-state index contributed by atoms with van der Waals surface area (Å²) in [6, 6.07) is 5.35. The van der Waals surface area contributed by atoms with Crippen LogP contribution >= 0.6 is 0 Å². The number of aliphatic hydroxyl groups excluding tert-OH is 1. The molecule has 2 rings (SSSR count). The first-order chi connectivity index (χ1) is 10.1. The topological polar surface area (TPSA) is 58.6 Å². The van der Waals surface area contributed by atoms with E-state index in [0.717, 1.165) is 31.2 Å². The van der Waals surface area contributed by atoms with Gasteiger partial charge in [0.25, 0.3) is 0 Å². The number of hydrogen-bond donors (Lipinski definition) is 2. The first kappa shape index (κ1) is 15.4. The van der Waals surface area contributed by atoms with Crippen molar-refractivity contribution in [3.8, 4) is 17.6 Å². The molecular weight excluding hydrogens is 266 g/mol. The molecule has 0 atom stereocenters. The Hall–Kier alpha value is -1.99. The normalized spacial score (nSPS) is 16.0. The second-order valence-corrected chi connectivity index (χ2v) is 5.60. The summed E-state index contributed by atoms with van der Waals surface area (Å²) in [5.41, 5.74) is 1.06. The maximum Gasteiger partial charge on any atom is 0.230 e. The second kappa shape index (κ2) is 6.64. The number of nitrogens with one attached hydrogen (secondary N) is 1. The molecule has 4 heteroatoms. The first-order valence-electron chi connectivity index (χ1n) is 7.18. The number of anilines is 1. The molecule has 0 aromatic heterocycles. The zero-order chi connectivity index (χ0) is 15.3. The highest BCUT2D eigenvalue weighted by Crippen LogP contribution is 2.39. The van der Waals surface area contributed by atoms with Gasteiger partial charge in [-0.3, -0.25) is 4.79 Å². The van der Waals surface area contributed by atoms with E-state index < -0.39 is 0 Å². The van der Waals surface area contributed by atoms with Crippen LogP contribution in [-0.4, -0.2) is 24.7 Å². The van der Waals surface area contributed by atoms with Gasteiger partial charge in [0.1, 0.15) is 12.4 Å². The zero-order valence-electron chi connectivity index (χ0n) is 12.5. The van der Waals surface area contributed by atoms with Crippen molar-refractivity contribution in [2.45, 2.75) is 32.6 Å². The van der Waals surface area contributed by atoms with Gasteiger partial charge in [0.15, 0.2) is 0 Å². The van der Waals surface area contributed by atoms with Crippen molar-refractivity contribution in [2.75, 3.05) is 19.0 Å². The van der Waals surface area contributed by atoms with E-state index in [2.05, 4.69) is 17.2 Å². The van der Waals surface area contributed by atoms with Crippen molar-refractivity contribution in [3.05, 3.63) is 23.8 Å². The van der Waals surface area contributed by atoms with Gasteiger partial charge >= 0.3 is 0 Å². The minimum absolute atomic E-state index is 0.0329. The van der Waals surface area contributed by atoms with Crippen molar-refractivity contribution in [3.63, 3.8) is 0 Å². The molecule has 1 amide bonds. The van der Waals surface area contributed by atoms with E-state index in [0.29, 0.717) is 11.4 Å². The summed E-state index contributed by atoms with van der Waals surface area (Å²) < 4.78 is 5.29. The lowest BCUT2D eigenvalue weighted by atomic mass is 9.88. The van der Waals surface area contributed by atoms with Crippen molar-refractivity contribution in [1.82, 2.24) is 0 Å². The largest absolute Gasteiger partial charge is 0.495 e. The number of carbonyl (C=O) groups excluding carboxylic acids is 1. The van der Waals surface area contributed by atoms with Crippen LogP contribution in [0.5, 0.6) is 5.75 Å². The summed E-state index contributed by atoms with van der Waals surface area (Å²) >= 11 is 0. The highest BCUT2D eigenvalue weighted by atomic mass is 16.5. The van der Waals surface area contributed by atoms with Crippen LogP contribution in [0.3, 0.4) is 0 Å². The van der Waals surface area contributed by atoms with Gasteiger partial charge in [-0.05, 0) is 31.0 Å². The number of hydrogen-bond acceptors (Lipinski definition) is 3. The van der Waals surface area contributed by atoms with Crippen molar-refractivity contribution >= 4 is 11.6 Å². The third-order valence-corrected chi connectivity index (χ3v) is 4.01. The van der Waals surface area contributed by atoms with Gasteiger partial charge in [-0.1, -0.05) is 31.6 Å². The predicted octanol–water partition coefficient (Wildman–Crippen LogP) is 2.56. The Labute approximate surface area is 125 Å². The molecule has 0 aliphatic heterocycles.